The molecule has 0 bridgehead atoms. The summed E-state index contributed by atoms with van der Waals surface area (Å²) in [7, 11) is 0. The van der Waals surface area contributed by atoms with Gasteiger partial charge >= 0.3 is 0 Å². The van der Waals surface area contributed by atoms with Crippen molar-refractivity contribution in [3.8, 4) is 0 Å². The van der Waals surface area contributed by atoms with Gasteiger partial charge in [0.25, 0.3) is 0 Å². The second kappa shape index (κ2) is 2.31. The molecule has 1 rings (SSSR count). The topological polar surface area (TPSA) is 0 Å². The molecule has 9 heavy (non-hydrogen) atoms. The van der Waals surface area contributed by atoms with Crippen molar-refractivity contribution in [2.24, 2.45) is 0 Å². The van der Waals surface area contributed by atoms with Gasteiger partial charge in [-0.2, -0.15) is 4.90 Å². The molecule has 2 heteroatoms. The smallest absolute Gasteiger partial charge is 0.124 e. The first-order valence-corrected chi connectivity index (χ1v) is 3.04. The zero-order valence-corrected chi connectivity index (χ0v) is 5.83. The summed E-state index contributed by atoms with van der Waals surface area (Å²) >= 11 is 4.72. The van der Waals surface area contributed by atoms with Crippen LogP contribution in [0.15, 0.2) is 23.1 Å². The van der Waals surface area contributed by atoms with Gasteiger partial charge in [-0.3, -0.25) is 0 Å². The molecule has 0 fully saturated rings. The summed E-state index contributed by atoms with van der Waals surface area (Å²) in [5, 5.41) is 0. The molecule has 0 atom stereocenters. The lowest BCUT2D eigenvalue weighted by molar-refractivity contribution is 0.615. The van der Waals surface area contributed by atoms with Crippen LogP contribution in [0.4, 0.5) is 4.39 Å². The fraction of sp³-hybridized carbons (Fsp3) is 0.143. The van der Waals surface area contributed by atoms with Crippen LogP contribution in [0.5, 0.6) is 0 Å². The van der Waals surface area contributed by atoms with Gasteiger partial charge in [-0.25, -0.2) is 4.39 Å². The third-order valence-electron chi connectivity index (χ3n) is 1.14. The standard InChI is InChI=1S/C7H7FS/c1-5-2-3-6(9)4-7(5)8/h2-4,9H,1H3/p-1. The molecule has 48 valence electrons. The van der Waals surface area contributed by atoms with Gasteiger partial charge in [0.05, 0.1) is 0 Å². The van der Waals surface area contributed by atoms with E-state index in [-0.39, 0.29) is 5.82 Å². The van der Waals surface area contributed by atoms with Crippen LogP contribution < -0.4 is 0 Å². The van der Waals surface area contributed by atoms with E-state index < -0.39 is 0 Å². The molecule has 0 heterocycles. The Kier molecular flexibility index (Phi) is 1.67. The largest absolute Gasteiger partial charge is 0.780 e. The number of aryl methyl sites for hydroxylation is 1. The lowest BCUT2D eigenvalue weighted by Crippen LogP contribution is -1.80. The third-order valence-corrected chi connectivity index (χ3v) is 1.40. The van der Waals surface area contributed by atoms with Gasteiger partial charge < -0.3 is 12.6 Å². The molecule has 1 aromatic rings. The van der Waals surface area contributed by atoms with Crippen LogP contribution in [-0.4, -0.2) is 0 Å². The highest BCUT2D eigenvalue weighted by Gasteiger charge is 1.90. The van der Waals surface area contributed by atoms with Crippen LogP contribution in [-0.2, 0) is 12.6 Å². The van der Waals surface area contributed by atoms with Crippen molar-refractivity contribution in [1.82, 2.24) is 0 Å². The van der Waals surface area contributed by atoms with E-state index in [1.54, 1.807) is 19.1 Å². The Labute approximate surface area is 59.1 Å². The van der Waals surface area contributed by atoms with Crippen LogP contribution in [0.25, 0.3) is 0 Å². The van der Waals surface area contributed by atoms with Gasteiger partial charge in [0.2, 0.25) is 0 Å². The van der Waals surface area contributed by atoms with E-state index in [2.05, 4.69) is 0 Å². The minimum Gasteiger partial charge on any atom is -0.780 e. The maximum absolute atomic E-state index is 12.5. The Bertz CT molecular complexity index is 220. The highest BCUT2D eigenvalue weighted by atomic mass is 32.1. The molecule has 0 aromatic heterocycles. The molecular formula is C7H6FS-. The number of halogens is 1. The zero-order chi connectivity index (χ0) is 6.85. The van der Waals surface area contributed by atoms with Crippen LogP contribution >= 0.6 is 0 Å². The highest BCUT2D eigenvalue weighted by Crippen LogP contribution is 2.07. The molecule has 0 aliphatic carbocycles. The third kappa shape index (κ3) is 1.39. The number of rotatable bonds is 0. The van der Waals surface area contributed by atoms with Crippen molar-refractivity contribution in [2.45, 2.75) is 11.8 Å². The second-order valence-electron chi connectivity index (χ2n) is 1.91. The molecule has 0 spiro atoms. The van der Waals surface area contributed by atoms with Gasteiger partial charge in [-0.05, 0) is 18.6 Å². The molecule has 0 N–H and O–H groups in total. The van der Waals surface area contributed by atoms with E-state index in [0.29, 0.717) is 10.5 Å². The van der Waals surface area contributed by atoms with E-state index >= 15 is 0 Å². The minimum atomic E-state index is -0.220. The van der Waals surface area contributed by atoms with E-state index in [1.165, 1.54) is 6.07 Å². The Balaban J connectivity index is 3.17. The molecule has 1 aromatic carbocycles. The Morgan fingerprint density at radius 2 is 2.11 bits per heavy atom. The summed E-state index contributed by atoms with van der Waals surface area (Å²) < 4.78 is 12.5. The van der Waals surface area contributed by atoms with Gasteiger partial charge in [-0.1, -0.05) is 12.1 Å². The molecule has 0 unspecified atom stereocenters. The Morgan fingerprint density at radius 1 is 1.44 bits per heavy atom. The summed E-state index contributed by atoms with van der Waals surface area (Å²) in [6.45, 7) is 1.71. The maximum Gasteiger partial charge on any atom is 0.124 e. The van der Waals surface area contributed by atoms with Crippen LogP contribution in [0.2, 0.25) is 0 Å². The number of hydrogen-bond acceptors (Lipinski definition) is 1. The first-order chi connectivity index (χ1) is 4.20. The van der Waals surface area contributed by atoms with E-state index in [4.69, 9.17) is 12.6 Å². The normalized spacial score (nSPS) is 9.56. The van der Waals surface area contributed by atoms with Crippen LogP contribution in [0.1, 0.15) is 5.56 Å². The zero-order valence-electron chi connectivity index (χ0n) is 5.02. The van der Waals surface area contributed by atoms with Crippen molar-refractivity contribution < 1.29 is 4.39 Å². The summed E-state index contributed by atoms with van der Waals surface area (Å²) in [5.41, 5.74) is 0.642. The van der Waals surface area contributed by atoms with Crippen molar-refractivity contribution >= 4 is 12.6 Å². The number of benzene rings is 1. The highest BCUT2D eigenvalue weighted by molar-refractivity contribution is 7.58. The Hall–Kier alpha value is -0.630. The van der Waals surface area contributed by atoms with Gasteiger partial charge in [0, 0.05) is 0 Å². The van der Waals surface area contributed by atoms with E-state index in [0.717, 1.165) is 0 Å². The van der Waals surface area contributed by atoms with E-state index in [1.807, 2.05) is 0 Å². The Morgan fingerprint density at radius 3 is 2.56 bits per heavy atom. The molecule has 0 radical (unpaired) electrons. The fourth-order valence-corrected chi connectivity index (χ4v) is 0.745. The van der Waals surface area contributed by atoms with Gasteiger partial charge in [0.1, 0.15) is 5.82 Å². The lowest BCUT2D eigenvalue weighted by Gasteiger charge is -2.04. The first kappa shape index (κ1) is 6.49. The van der Waals surface area contributed by atoms with E-state index in [9.17, 15) is 4.39 Å². The molecule has 0 aliphatic heterocycles. The average molecular weight is 141 g/mol. The van der Waals surface area contributed by atoms with Crippen LogP contribution in [0, 0.1) is 12.7 Å². The maximum atomic E-state index is 12.5. The molecule has 0 nitrogen and oxygen atoms in total. The molecular weight excluding hydrogens is 135 g/mol. The van der Waals surface area contributed by atoms with Crippen molar-refractivity contribution in [3.63, 3.8) is 0 Å². The summed E-state index contributed by atoms with van der Waals surface area (Å²) in [5.74, 6) is -0.220. The number of hydrogen-bond donors (Lipinski definition) is 0. The van der Waals surface area contributed by atoms with Crippen molar-refractivity contribution in [2.75, 3.05) is 0 Å². The predicted molar refractivity (Wildman–Crippen MR) is 36.8 cm³/mol. The monoisotopic (exact) mass is 141 g/mol. The quantitative estimate of drug-likeness (QED) is 0.498. The summed E-state index contributed by atoms with van der Waals surface area (Å²) in [4.78, 5) is 0.554. The molecule has 0 saturated carbocycles. The van der Waals surface area contributed by atoms with Crippen molar-refractivity contribution in [3.05, 3.63) is 29.6 Å². The van der Waals surface area contributed by atoms with Crippen LogP contribution in [0.3, 0.4) is 0 Å². The van der Waals surface area contributed by atoms with Gasteiger partial charge in [-0.15, -0.1) is 0 Å². The molecule has 0 saturated heterocycles. The molecule has 0 aliphatic rings. The lowest BCUT2D eigenvalue weighted by atomic mass is 10.2. The second-order valence-corrected chi connectivity index (χ2v) is 2.38. The molecule has 0 amide bonds. The van der Waals surface area contributed by atoms with Gasteiger partial charge in [0.15, 0.2) is 0 Å². The average Bonchev–Trinajstić information content (AvgIpc) is 1.80. The summed E-state index contributed by atoms with van der Waals surface area (Å²) in [6, 6.07) is 4.75. The van der Waals surface area contributed by atoms with Crippen molar-refractivity contribution in [1.29, 1.82) is 0 Å². The predicted octanol–water partition coefficient (Wildman–Crippen LogP) is 2.04. The first-order valence-electron chi connectivity index (χ1n) is 2.63. The summed E-state index contributed by atoms with van der Waals surface area (Å²) in [6.07, 6.45) is 0. The SMILES string of the molecule is Cc1ccc([S-])cc1F. The fourth-order valence-electron chi connectivity index (χ4n) is 0.574. The minimum absolute atomic E-state index is 0.220.